The highest BCUT2D eigenvalue weighted by molar-refractivity contribution is 5.07. The third-order valence-electron chi connectivity index (χ3n) is 2.63. The molecule has 2 nitrogen and oxygen atoms in total. The third-order valence-corrected chi connectivity index (χ3v) is 2.63. The van der Waals surface area contributed by atoms with Crippen LogP contribution in [0.4, 0.5) is 0 Å². The number of hydrogen-bond donors (Lipinski definition) is 2. The fourth-order valence-electron chi connectivity index (χ4n) is 1.57. The van der Waals surface area contributed by atoms with Gasteiger partial charge in [-0.25, -0.2) is 0 Å². The van der Waals surface area contributed by atoms with Gasteiger partial charge in [-0.3, -0.25) is 0 Å². The second kappa shape index (κ2) is 7.46. The topological polar surface area (TPSA) is 40.5 Å². The summed E-state index contributed by atoms with van der Waals surface area (Å²) in [5.41, 5.74) is 1.46. The molecule has 0 heterocycles. The Morgan fingerprint density at radius 1 is 1.35 bits per heavy atom. The van der Waals surface area contributed by atoms with E-state index in [2.05, 4.69) is 26.5 Å². The van der Waals surface area contributed by atoms with Gasteiger partial charge >= 0.3 is 0 Å². The van der Waals surface area contributed by atoms with Crippen molar-refractivity contribution in [1.82, 2.24) is 0 Å². The van der Waals surface area contributed by atoms with Gasteiger partial charge < -0.3 is 10.2 Å². The summed E-state index contributed by atoms with van der Waals surface area (Å²) in [7, 11) is 0. The van der Waals surface area contributed by atoms with Gasteiger partial charge in [-0.15, -0.1) is 6.58 Å². The van der Waals surface area contributed by atoms with Gasteiger partial charge in [0.05, 0.1) is 11.7 Å². The van der Waals surface area contributed by atoms with Gasteiger partial charge in [-0.05, 0) is 40.5 Å². The SMILES string of the molecule is C=CC(C)(O)CC(O)C=C(C)CCC=C(C)C. The summed E-state index contributed by atoms with van der Waals surface area (Å²) in [5, 5.41) is 19.5. The van der Waals surface area contributed by atoms with Crippen LogP contribution in [0.2, 0.25) is 0 Å². The van der Waals surface area contributed by atoms with Gasteiger partial charge in [-0.1, -0.05) is 29.4 Å². The molecule has 0 aliphatic heterocycles. The lowest BCUT2D eigenvalue weighted by Crippen LogP contribution is -2.26. The standard InChI is InChI=1S/C15H26O2/c1-6-15(5,17)11-14(16)10-13(4)9-7-8-12(2)3/h6,8,10,14,16-17H,1,7,9,11H2,2-5H3. The number of aliphatic hydroxyl groups excluding tert-OH is 1. The molecule has 0 saturated carbocycles. The van der Waals surface area contributed by atoms with E-state index < -0.39 is 11.7 Å². The van der Waals surface area contributed by atoms with Gasteiger partial charge in [0, 0.05) is 6.42 Å². The smallest absolute Gasteiger partial charge is 0.0824 e. The summed E-state index contributed by atoms with van der Waals surface area (Å²) in [6, 6.07) is 0. The number of allylic oxidation sites excluding steroid dienone is 3. The zero-order chi connectivity index (χ0) is 13.5. The molecule has 0 saturated heterocycles. The number of rotatable bonds is 7. The van der Waals surface area contributed by atoms with Crippen LogP contribution in [0.15, 0.2) is 36.0 Å². The molecule has 0 amide bonds. The minimum atomic E-state index is -1.00. The minimum absolute atomic E-state index is 0.288. The van der Waals surface area contributed by atoms with Crippen molar-refractivity contribution in [2.45, 2.75) is 58.7 Å². The Bertz CT molecular complexity index is 294. The normalized spacial score (nSPS) is 17.2. The first-order valence-corrected chi connectivity index (χ1v) is 6.11. The van der Waals surface area contributed by atoms with Crippen molar-refractivity contribution in [3.8, 4) is 0 Å². The Kier molecular flexibility index (Phi) is 7.09. The van der Waals surface area contributed by atoms with E-state index in [1.54, 1.807) is 6.92 Å². The van der Waals surface area contributed by atoms with E-state index in [-0.39, 0.29) is 6.42 Å². The van der Waals surface area contributed by atoms with E-state index in [1.165, 1.54) is 11.6 Å². The average molecular weight is 238 g/mol. The predicted octanol–water partition coefficient (Wildman–Crippen LogP) is 3.37. The van der Waals surface area contributed by atoms with Crippen LogP contribution in [0.25, 0.3) is 0 Å². The predicted molar refractivity (Wildman–Crippen MR) is 73.9 cm³/mol. The maximum absolute atomic E-state index is 9.80. The molecule has 0 aromatic carbocycles. The lowest BCUT2D eigenvalue weighted by Gasteiger charge is -2.20. The first kappa shape index (κ1) is 16.1. The summed E-state index contributed by atoms with van der Waals surface area (Å²) in [6.07, 6.45) is 7.07. The Labute approximate surface area is 105 Å². The first-order valence-electron chi connectivity index (χ1n) is 6.11. The zero-order valence-electron chi connectivity index (χ0n) is 11.5. The van der Waals surface area contributed by atoms with Crippen molar-refractivity contribution in [1.29, 1.82) is 0 Å². The van der Waals surface area contributed by atoms with Crippen LogP contribution >= 0.6 is 0 Å². The fourth-order valence-corrected chi connectivity index (χ4v) is 1.57. The second-order valence-electron chi connectivity index (χ2n) is 5.17. The summed E-state index contributed by atoms with van der Waals surface area (Å²) in [5.74, 6) is 0. The first-order chi connectivity index (χ1) is 7.76. The lowest BCUT2D eigenvalue weighted by atomic mass is 9.97. The van der Waals surface area contributed by atoms with Crippen LogP contribution in [0.5, 0.6) is 0 Å². The largest absolute Gasteiger partial charge is 0.389 e. The zero-order valence-corrected chi connectivity index (χ0v) is 11.5. The van der Waals surface area contributed by atoms with Gasteiger partial charge in [0.1, 0.15) is 0 Å². The fraction of sp³-hybridized carbons (Fsp3) is 0.600. The summed E-state index contributed by atoms with van der Waals surface area (Å²) in [6.45, 7) is 11.4. The molecule has 2 unspecified atom stereocenters. The number of hydrogen-bond acceptors (Lipinski definition) is 2. The summed E-state index contributed by atoms with van der Waals surface area (Å²) in [4.78, 5) is 0. The van der Waals surface area contributed by atoms with E-state index in [1.807, 2.05) is 13.0 Å². The molecule has 17 heavy (non-hydrogen) atoms. The molecule has 2 heteroatoms. The van der Waals surface area contributed by atoms with Gasteiger partial charge in [0.2, 0.25) is 0 Å². The van der Waals surface area contributed by atoms with Crippen molar-refractivity contribution >= 4 is 0 Å². The third kappa shape index (κ3) is 8.90. The number of aliphatic hydroxyl groups is 2. The van der Waals surface area contributed by atoms with Crippen molar-refractivity contribution in [2.75, 3.05) is 0 Å². The van der Waals surface area contributed by atoms with Crippen molar-refractivity contribution in [3.05, 3.63) is 36.0 Å². The van der Waals surface area contributed by atoms with Gasteiger partial charge in [0.25, 0.3) is 0 Å². The average Bonchev–Trinajstić information content (AvgIpc) is 2.15. The van der Waals surface area contributed by atoms with Crippen molar-refractivity contribution in [2.24, 2.45) is 0 Å². The highest BCUT2D eigenvalue weighted by Crippen LogP contribution is 2.16. The highest BCUT2D eigenvalue weighted by Gasteiger charge is 2.19. The Balaban J connectivity index is 4.19. The molecule has 0 aromatic rings. The second-order valence-corrected chi connectivity index (χ2v) is 5.17. The van der Waals surface area contributed by atoms with Crippen LogP contribution in [0, 0.1) is 0 Å². The molecule has 98 valence electrons. The maximum atomic E-state index is 9.80. The molecular formula is C15H26O2. The Morgan fingerprint density at radius 3 is 2.41 bits per heavy atom. The molecule has 0 radical (unpaired) electrons. The van der Waals surface area contributed by atoms with Crippen molar-refractivity contribution in [3.63, 3.8) is 0 Å². The Hall–Kier alpha value is -0.860. The van der Waals surface area contributed by atoms with Gasteiger partial charge in [-0.2, -0.15) is 0 Å². The molecule has 0 aliphatic rings. The van der Waals surface area contributed by atoms with Crippen LogP contribution < -0.4 is 0 Å². The van der Waals surface area contributed by atoms with E-state index in [9.17, 15) is 10.2 Å². The van der Waals surface area contributed by atoms with Crippen LogP contribution in [-0.2, 0) is 0 Å². The van der Waals surface area contributed by atoms with Crippen LogP contribution in [-0.4, -0.2) is 21.9 Å². The maximum Gasteiger partial charge on any atom is 0.0824 e. The van der Waals surface area contributed by atoms with Crippen molar-refractivity contribution < 1.29 is 10.2 Å². The molecule has 0 bridgehead atoms. The van der Waals surface area contributed by atoms with Crippen LogP contribution in [0.1, 0.15) is 47.0 Å². The molecule has 2 atom stereocenters. The van der Waals surface area contributed by atoms with E-state index in [0.717, 1.165) is 18.4 Å². The monoisotopic (exact) mass is 238 g/mol. The highest BCUT2D eigenvalue weighted by atomic mass is 16.3. The minimum Gasteiger partial charge on any atom is -0.389 e. The molecular weight excluding hydrogens is 212 g/mol. The quantitative estimate of drug-likeness (QED) is 0.668. The van der Waals surface area contributed by atoms with E-state index in [0.29, 0.717) is 0 Å². The Morgan fingerprint density at radius 2 is 1.94 bits per heavy atom. The summed E-state index contributed by atoms with van der Waals surface area (Å²) >= 11 is 0. The molecule has 0 spiro atoms. The van der Waals surface area contributed by atoms with Crippen LogP contribution in [0.3, 0.4) is 0 Å². The lowest BCUT2D eigenvalue weighted by molar-refractivity contribution is 0.0574. The molecule has 0 fully saturated rings. The molecule has 0 aliphatic carbocycles. The molecule has 2 N–H and O–H groups in total. The van der Waals surface area contributed by atoms with E-state index >= 15 is 0 Å². The summed E-state index contributed by atoms with van der Waals surface area (Å²) < 4.78 is 0. The van der Waals surface area contributed by atoms with Gasteiger partial charge in [0.15, 0.2) is 0 Å². The molecule has 0 rings (SSSR count). The van der Waals surface area contributed by atoms with E-state index in [4.69, 9.17) is 0 Å². The molecule has 0 aromatic heterocycles.